The van der Waals surface area contributed by atoms with Gasteiger partial charge in [-0.15, -0.1) is 7.47 Å². The molecule has 0 fully saturated rings. The second kappa shape index (κ2) is 8.06. The number of aliphatic hydroxyl groups excluding tert-OH is 2. The van der Waals surface area contributed by atoms with E-state index in [1.165, 1.54) is 5.19 Å². The molecule has 0 aromatic heterocycles. The molecule has 18 heavy (non-hydrogen) atoms. The summed E-state index contributed by atoms with van der Waals surface area (Å²) in [6.45, 7) is 5.44. The number of hydrogen-bond donors (Lipinski definition) is 2. The van der Waals surface area contributed by atoms with E-state index in [-0.39, 0.29) is 20.7 Å². The molecule has 0 spiro atoms. The van der Waals surface area contributed by atoms with Crippen LogP contribution < -0.4 is 5.19 Å². The molecule has 1 aromatic rings. The predicted molar refractivity (Wildman–Crippen MR) is 83.6 cm³/mol. The predicted octanol–water partition coefficient (Wildman–Crippen LogP) is 2.35. The lowest BCUT2D eigenvalue weighted by molar-refractivity contribution is 0.294. The third-order valence-corrected chi connectivity index (χ3v) is 15.3. The van der Waals surface area contributed by atoms with Crippen LogP contribution in [0.2, 0.25) is 13.1 Å². The highest BCUT2D eigenvalue weighted by Crippen LogP contribution is 2.47. The maximum atomic E-state index is 9.05. The fourth-order valence-corrected chi connectivity index (χ4v) is 11.8. The molecule has 0 saturated heterocycles. The lowest BCUT2D eigenvalue weighted by atomic mass is 10.4. The van der Waals surface area contributed by atoms with E-state index in [1.807, 2.05) is 0 Å². The molecule has 4 heteroatoms. The summed E-state index contributed by atoms with van der Waals surface area (Å²) in [6.07, 6.45) is 4.08. The van der Waals surface area contributed by atoms with Gasteiger partial charge in [-0.2, -0.15) is 0 Å². The van der Waals surface area contributed by atoms with Crippen LogP contribution in [0.1, 0.15) is 12.8 Å². The largest absolute Gasteiger partial charge is 0.396 e. The van der Waals surface area contributed by atoms with Gasteiger partial charge in [0, 0.05) is 13.2 Å². The van der Waals surface area contributed by atoms with Crippen molar-refractivity contribution in [1.29, 1.82) is 0 Å². The second-order valence-electron chi connectivity index (χ2n) is 5.07. The van der Waals surface area contributed by atoms with Gasteiger partial charge in [0.15, 0.2) is 0 Å². The van der Waals surface area contributed by atoms with Crippen molar-refractivity contribution in [3.63, 3.8) is 0 Å². The molecule has 1 aromatic carbocycles. The number of hydrogen-bond acceptors (Lipinski definition) is 2. The Kier molecular flexibility index (Phi) is 7.09. The van der Waals surface area contributed by atoms with Crippen molar-refractivity contribution >= 4 is 20.4 Å². The van der Waals surface area contributed by atoms with Crippen LogP contribution in [0.25, 0.3) is 0 Å². The Balaban J connectivity index is 2.80. The van der Waals surface area contributed by atoms with E-state index in [1.54, 1.807) is 0 Å². The lowest BCUT2D eigenvalue weighted by Crippen LogP contribution is -2.41. The first-order valence-corrected chi connectivity index (χ1v) is 12.2. The standard InChI is InChI=1S/C14H25O2PSi/c1-18(2,14-8-4-3-5-9-14)17(12-6-10-15)13-7-11-16/h3-5,8-9,15-16H,6-7,10-13H2,1-2H3. The third-order valence-electron chi connectivity index (χ3n) is 3.44. The summed E-state index contributed by atoms with van der Waals surface area (Å²) < 4.78 is 0. The van der Waals surface area contributed by atoms with Crippen molar-refractivity contribution in [2.24, 2.45) is 0 Å². The summed E-state index contributed by atoms with van der Waals surface area (Å²) in [6, 6.07) is 10.8. The fraction of sp³-hybridized carbons (Fsp3) is 0.571. The average Bonchev–Trinajstić information content (AvgIpc) is 2.39. The zero-order valence-corrected chi connectivity index (χ0v) is 13.4. The summed E-state index contributed by atoms with van der Waals surface area (Å²) in [5, 5.41) is 19.6. The minimum atomic E-state index is -1.44. The molecule has 0 atom stereocenters. The van der Waals surface area contributed by atoms with Gasteiger partial charge in [-0.1, -0.05) is 48.6 Å². The van der Waals surface area contributed by atoms with E-state index < -0.39 is 7.74 Å². The molecule has 0 saturated carbocycles. The minimum Gasteiger partial charge on any atom is -0.396 e. The van der Waals surface area contributed by atoms with Crippen LogP contribution in [0.15, 0.2) is 30.3 Å². The highest BCUT2D eigenvalue weighted by molar-refractivity contribution is 7.96. The maximum Gasteiger partial charge on any atom is 0.107 e. The van der Waals surface area contributed by atoms with Crippen molar-refractivity contribution in [2.75, 3.05) is 25.5 Å². The molecule has 1 rings (SSSR count). The molecule has 102 valence electrons. The van der Waals surface area contributed by atoms with Crippen molar-refractivity contribution in [3.8, 4) is 0 Å². The lowest BCUT2D eigenvalue weighted by Gasteiger charge is -2.34. The van der Waals surface area contributed by atoms with Crippen molar-refractivity contribution in [2.45, 2.75) is 25.9 Å². The molecule has 0 aliphatic heterocycles. The first kappa shape index (κ1) is 15.8. The topological polar surface area (TPSA) is 40.5 Å². The smallest absolute Gasteiger partial charge is 0.107 e. The normalized spacial score (nSPS) is 12.1. The molecule has 0 heterocycles. The van der Waals surface area contributed by atoms with Gasteiger partial charge < -0.3 is 10.2 Å². The monoisotopic (exact) mass is 284 g/mol. The molecular formula is C14H25O2PSi. The molecule has 0 radical (unpaired) electrons. The Morgan fingerprint density at radius 3 is 1.89 bits per heavy atom. The quantitative estimate of drug-likeness (QED) is 0.568. The summed E-state index contributed by atoms with van der Waals surface area (Å²) in [4.78, 5) is 0. The Bertz CT molecular complexity index is 322. The highest BCUT2D eigenvalue weighted by Gasteiger charge is 2.32. The van der Waals surface area contributed by atoms with Crippen LogP contribution in [-0.4, -0.2) is 43.5 Å². The Hall–Kier alpha value is -0.213. The van der Waals surface area contributed by atoms with Gasteiger partial charge in [0.2, 0.25) is 0 Å². The van der Waals surface area contributed by atoms with Gasteiger partial charge in [0.1, 0.15) is 7.74 Å². The Morgan fingerprint density at radius 1 is 0.944 bits per heavy atom. The minimum absolute atomic E-state index is 0.0731. The molecule has 0 aliphatic rings. The molecule has 0 unspecified atom stereocenters. The summed E-state index contributed by atoms with van der Waals surface area (Å²) in [5.74, 6) is 0. The van der Waals surface area contributed by atoms with Crippen LogP contribution in [0.5, 0.6) is 0 Å². The Labute approximate surface area is 113 Å². The first-order chi connectivity index (χ1) is 8.62. The zero-order chi connectivity index (χ0) is 13.4. The van der Waals surface area contributed by atoms with Gasteiger partial charge in [-0.05, 0) is 25.2 Å². The van der Waals surface area contributed by atoms with E-state index >= 15 is 0 Å². The van der Waals surface area contributed by atoms with E-state index in [0.717, 1.165) is 25.2 Å². The third kappa shape index (κ3) is 4.47. The van der Waals surface area contributed by atoms with Crippen LogP contribution in [0.4, 0.5) is 0 Å². The van der Waals surface area contributed by atoms with E-state index in [9.17, 15) is 0 Å². The van der Waals surface area contributed by atoms with E-state index in [0.29, 0.717) is 0 Å². The number of rotatable bonds is 8. The summed E-state index contributed by atoms with van der Waals surface area (Å²) >= 11 is 0. The molecular weight excluding hydrogens is 259 g/mol. The average molecular weight is 284 g/mol. The number of aliphatic hydroxyl groups is 2. The van der Waals surface area contributed by atoms with Gasteiger partial charge in [-0.3, -0.25) is 0 Å². The summed E-state index contributed by atoms with van der Waals surface area (Å²) in [7, 11) is -1.51. The second-order valence-corrected chi connectivity index (χ2v) is 16.0. The van der Waals surface area contributed by atoms with Crippen molar-refractivity contribution < 1.29 is 10.2 Å². The van der Waals surface area contributed by atoms with Crippen LogP contribution in [0, 0.1) is 0 Å². The van der Waals surface area contributed by atoms with E-state index in [2.05, 4.69) is 43.4 Å². The zero-order valence-electron chi connectivity index (χ0n) is 11.5. The van der Waals surface area contributed by atoms with Gasteiger partial charge in [0.25, 0.3) is 0 Å². The van der Waals surface area contributed by atoms with Crippen molar-refractivity contribution in [1.82, 2.24) is 0 Å². The molecule has 2 nitrogen and oxygen atoms in total. The molecule has 2 N–H and O–H groups in total. The number of benzene rings is 1. The SMILES string of the molecule is C[Si](C)(c1ccccc1)P(CCCO)CCCO. The van der Waals surface area contributed by atoms with Crippen LogP contribution in [-0.2, 0) is 0 Å². The van der Waals surface area contributed by atoms with E-state index in [4.69, 9.17) is 10.2 Å². The van der Waals surface area contributed by atoms with Crippen LogP contribution >= 0.6 is 7.47 Å². The Morgan fingerprint density at radius 2 is 1.44 bits per heavy atom. The molecule has 0 amide bonds. The van der Waals surface area contributed by atoms with Gasteiger partial charge in [0.05, 0.1) is 0 Å². The fourth-order valence-electron chi connectivity index (χ4n) is 2.22. The molecule has 0 aliphatic carbocycles. The van der Waals surface area contributed by atoms with Gasteiger partial charge >= 0.3 is 0 Å². The maximum absolute atomic E-state index is 9.05. The highest BCUT2D eigenvalue weighted by atomic mass is 31.4. The summed E-state index contributed by atoms with van der Waals surface area (Å²) in [5.41, 5.74) is 0. The van der Waals surface area contributed by atoms with Gasteiger partial charge in [-0.25, -0.2) is 0 Å². The first-order valence-electron chi connectivity index (χ1n) is 6.65. The van der Waals surface area contributed by atoms with Crippen molar-refractivity contribution in [3.05, 3.63) is 30.3 Å². The van der Waals surface area contributed by atoms with Crippen LogP contribution in [0.3, 0.4) is 0 Å². The molecule has 0 bridgehead atoms.